The number of benzene rings is 1. The van der Waals surface area contributed by atoms with Gasteiger partial charge >= 0.3 is 5.97 Å². The van der Waals surface area contributed by atoms with Crippen LogP contribution < -0.4 is 5.06 Å². The van der Waals surface area contributed by atoms with Crippen LogP contribution in [0.15, 0.2) is 23.1 Å². The molecule has 16 heavy (non-hydrogen) atoms. The summed E-state index contributed by atoms with van der Waals surface area (Å²) in [5.41, 5.74) is 0.636. The lowest BCUT2D eigenvalue weighted by Crippen LogP contribution is -2.98. The Balaban J connectivity index is 3.14. The maximum absolute atomic E-state index is 11.2. The molecule has 0 heterocycles. The Kier molecular flexibility index (Phi) is 4.35. The molecule has 0 aliphatic heterocycles. The van der Waals surface area contributed by atoms with Crippen molar-refractivity contribution in [2.75, 3.05) is 7.05 Å². The van der Waals surface area contributed by atoms with Crippen molar-refractivity contribution in [3.8, 4) is 0 Å². The van der Waals surface area contributed by atoms with E-state index in [1.807, 2.05) is 13.8 Å². The molecule has 1 atom stereocenters. The first kappa shape index (κ1) is 13.0. The quantitative estimate of drug-likeness (QED) is 0.620. The summed E-state index contributed by atoms with van der Waals surface area (Å²) in [7, 11) is 1.43. The first-order chi connectivity index (χ1) is 7.41. The van der Waals surface area contributed by atoms with Gasteiger partial charge in [0.1, 0.15) is 5.69 Å². The van der Waals surface area contributed by atoms with Crippen molar-refractivity contribution < 1.29 is 15.0 Å². The predicted molar refractivity (Wildman–Crippen MR) is 64.3 cm³/mol. The van der Waals surface area contributed by atoms with Crippen molar-refractivity contribution in [3.63, 3.8) is 0 Å². The van der Waals surface area contributed by atoms with Crippen LogP contribution in [0.4, 0.5) is 5.69 Å². The normalized spacial score (nSPS) is 12.8. The highest BCUT2D eigenvalue weighted by molar-refractivity contribution is 8.00. The molecule has 0 radical (unpaired) electrons. The third kappa shape index (κ3) is 3.23. The zero-order valence-corrected chi connectivity index (χ0v) is 10.3. The maximum Gasteiger partial charge on any atom is 0.337 e. The second-order valence-corrected chi connectivity index (χ2v) is 5.36. The molecule has 1 unspecified atom stereocenters. The summed E-state index contributed by atoms with van der Waals surface area (Å²) < 4.78 is 0. The van der Waals surface area contributed by atoms with Gasteiger partial charge in [0, 0.05) is 22.3 Å². The fourth-order valence-corrected chi connectivity index (χ4v) is 2.20. The van der Waals surface area contributed by atoms with Crippen molar-refractivity contribution in [2.45, 2.75) is 24.0 Å². The molecular weight excluding hydrogens is 226 g/mol. The molecule has 4 nitrogen and oxygen atoms in total. The lowest BCUT2D eigenvalue weighted by atomic mass is 10.2. The van der Waals surface area contributed by atoms with Crippen LogP contribution in [-0.4, -0.2) is 23.4 Å². The number of carbonyl (C=O) groups is 1. The number of nitrogens with one attached hydrogen (secondary N) is 1. The summed E-state index contributed by atoms with van der Waals surface area (Å²) in [6, 6.07) is 4.81. The molecule has 5 heteroatoms. The minimum absolute atomic E-state index is 0.122. The van der Waals surface area contributed by atoms with Gasteiger partial charge in [-0.15, -0.1) is 11.8 Å². The molecule has 2 N–H and O–H groups in total. The van der Waals surface area contributed by atoms with Gasteiger partial charge in [-0.25, -0.2) is 4.79 Å². The van der Waals surface area contributed by atoms with Crippen LogP contribution in [0, 0.1) is 5.21 Å². The first-order valence-electron chi connectivity index (χ1n) is 4.96. The standard InChI is InChI=1S/C11H15NO3S/c1-7(2)16-10-5-4-8(12(3)15)6-9(10)11(13)14/h4-7,12H,1-3H3,(H,13,14). The Labute approximate surface area is 98.8 Å². The average molecular weight is 241 g/mol. The highest BCUT2D eigenvalue weighted by Gasteiger charge is 2.14. The van der Waals surface area contributed by atoms with Crippen LogP contribution in [-0.2, 0) is 0 Å². The van der Waals surface area contributed by atoms with E-state index in [0.29, 0.717) is 15.8 Å². The van der Waals surface area contributed by atoms with E-state index in [0.717, 1.165) is 0 Å². The highest BCUT2D eigenvalue weighted by Crippen LogP contribution is 2.28. The topological polar surface area (TPSA) is 64.8 Å². The molecule has 0 aromatic heterocycles. The van der Waals surface area contributed by atoms with E-state index in [1.165, 1.54) is 24.9 Å². The van der Waals surface area contributed by atoms with E-state index >= 15 is 0 Å². The number of quaternary nitrogens is 1. The molecule has 0 amide bonds. The van der Waals surface area contributed by atoms with E-state index in [2.05, 4.69) is 0 Å². The van der Waals surface area contributed by atoms with Gasteiger partial charge in [0.2, 0.25) is 0 Å². The third-order valence-electron chi connectivity index (χ3n) is 1.98. The summed E-state index contributed by atoms with van der Waals surface area (Å²) in [5, 5.41) is 20.4. The van der Waals surface area contributed by atoms with E-state index < -0.39 is 5.97 Å². The van der Waals surface area contributed by atoms with E-state index in [4.69, 9.17) is 5.11 Å². The minimum atomic E-state index is -0.994. The second-order valence-electron chi connectivity index (χ2n) is 3.74. The number of hydroxylamine groups is 1. The van der Waals surface area contributed by atoms with Crippen LogP contribution in [0.2, 0.25) is 0 Å². The molecule has 1 aromatic carbocycles. The summed E-state index contributed by atoms with van der Waals surface area (Å²) >= 11 is 1.48. The minimum Gasteiger partial charge on any atom is -0.629 e. The van der Waals surface area contributed by atoms with E-state index in [9.17, 15) is 10.0 Å². The van der Waals surface area contributed by atoms with Gasteiger partial charge in [-0.3, -0.25) is 0 Å². The van der Waals surface area contributed by atoms with Crippen LogP contribution in [0.5, 0.6) is 0 Å². The van der Waals surface area contributed by atoms with Gasteiger partial charge in [0.15, 0.2) is 0 Å². The van der Waals surface area contributed by atoms with Gasteiger partial charge in [0.05, 0.1) is 12.6 Å². The Morgan fingerprint density at radius 2 is 2.12 bits per heavy atom. The highest BCUT2D eigenvalue weighted by atomic mass is 32.2. The fourth-order valence-electron chi connectivity index (χ4n) is 1.27. The number of thioether (sulfide) groups is 1. The van der Waals surface area contributed by atoms with Gasteiger partial charge in [-0.1, -0.05) is 13.8 Å². The van der Waals surface area contributed by atoms with Gasteiger partial charge in [0.25, 0.3) is 0 Å². The van der Waals surface area contributed by atoms with Crippen molar-refractivity contribution >= 4 is 23.4 Å². The monoisotopic (exact) mass is 241 g/mol. The Hall–Kier alpha value is -1.04. The molecule has 0 bridgehead atoms. The lowest BCUT2D eigenvalue weighted by molar-refractivity contribution is -0.751. The number of aromatic carboxylic acids is 1. The number of rotatable bonds is 4. The van der Waals surface area contributed by atoms with Crippen LogP contribution in [0.1, 0.15) is 24.2 Å². The van der Waals surface area contributed by atoms with Crippen molar-refractivity contribution in [3.05, 3.63) is 29.0 Å². The molecule has 1 aromatic rings. The maximum atomic E-state index is 11.2. The summed E-state index contributed by atoms with van der Waals surface area (Å²) in [6.07, 6.45) is 0. The zero-order valence-electron chi connectivity index (χ0n) is 9.48. The molecule has 0 fully saturated rings. The lowest BCUT2D eigenvalue weighted by Gasteiger charge is -2.17. The van der Waals surface area contributed by atoms with E-state index in [-0.39, 0.29) is 10.6 Å². The molecule has 0 aliphatic rings. The summed E-state index contributed by atoms with van der Waals surface area (Å²) in [6.45, 7) is 3.99. The molecule has 0 aliphatic carbocycles. The second kappa shape index (κ2) is 5.34. The SMILES string of the molecule is CC(C)Sc1ccc([NH+](C)[O-])cc1C(=O)O. The summed E-state index contributed by atoms with van der Waals surface area (Å²) in [4.78, 5) is 11.8. The Morgan fingerprint density at radius 3 is 2.56 bits per heavy atom. The molecular formula is C11H15NO3S. The molecule has 0 saturated carbocycles. The Morgan fingerprint density at radius 1 is 1.50 bits per heavy atom. The molecule has 0 saturated heterocycles. The zero-order chi connectivity index (χ0) is 12.3. The van der Waals surface area contributed by atoms with Gasteiger partial charge in [-0.05, 0) is 6.07 Å². The van der Waals surface area contributed by atoms with Crippen LogP contribution >= 0.6 is 11.8 Å². The van der Waals surface area contributed by atoms with Gasteiger partial charge in [-0.2, -0.15) is 0 Å². The number of carboxylic acids is 1. The molecule has 88 valence electrons. The predicted octanol–water partition coefficient (Wildman–Crippen LogP) is 1.53. The van der Waals surface area contributed by atoms with Crippen molar-refractivity contribution in [1.82, 2.24) is 0 Å². The number of hydrogen-bond acceptors (Lipinski definition) is 3. The molecule has 1 rings (SSSR count). The smallest absolute Gasteiger partial charge is 0.337 e. The largest absolute Gasteiger partial charge is 0.629 e. The molecule has 0 spiro atoms. The summed E-state index contributed by atoms with van der Waals surface area (Å²) in [5.74, 6) is -0.994. The number of carboxylic acid groups (broad SMARTS) is 1. The fraction of sp³-hybridized carbons (Fsp3) is 0.364. The van der Waals surface area contributed by atoms with E-state index in [1.54, 1.807) is 12.1 Å². The van der Waals surface area contributed by atoms with Gasteiger partial charge < -0.3 is 15.4 Å². The average Bonchev–Trinajstić information content (AvgIpc) is 2.16. The van der Waals surface area contributed by atoms with Crippen molar-refractivity contribution in [2.24, 2.45) is 0 Å². The third-order valence-corrected chi connectivity index (χ3v) is 3.06. The first-order valence-corrected chi connectivity index (χ1v) is 5.84. The number of hydrogen-bond donors (Lipinski definition) is 2. The van der Waals surface area contributed by atoms with Crippen molar-refractivity contribution in [1.29, 1.82) is 0 Å². The Bertz CT molecular complexity index is 391. The van der Waals surface area contributed by atoms with Crippen LogP contribution in [0.3, 0.4) is 0 Å². The van der Waals surface area contributed by atoms with Crippen LogP contribution in [0.25, 0.3) is 0 Å².